The normalized spacial score (nSPS) is 11.4. The lowest BCUT2D eigenvalue weighted by Gasteiger charge is -2.26. The molecular weight excluding hydrogens is 238 g/mol. The number of carboxylic acids is 1. The van der Waals surface area contributed by atoms with Gasteiger partial charge in [-0.15, -0.1) is 0 Å². The van der Waals surface area contributed by atoms with Gasteiger partial charge in [-0.05, 0) is 48.4 Å². The molecule has 2 N–H and O–H groups in total. The monoisotopic (exact) mass is 263 g/mol. The third kappa shape index (κ3) is 4.27. The van der Waals surface area contributed by atoms with E-state index in [2.05, 4.69) is 33.0 Å². The maximum Gasteiger partial charge on any atom is 0.335 e. The van der Waals surface area contributed by atoms with Gasteiger partial charge in [0.05, 0.1) is 5.56 Å². The van der Waals surface area contributed by atoms with Crippen molar-refractivity contribution >= 4 is 11.7 Å². The van der Waals surface area contributed by atoms with Gasteiger partial charge in [0, 0.05) is 12.2 Å². The zero-order valence-corrected chi connectivity index (χ0v) is 12.5. The molecule has 1 aromatic rings. The summed E-state index contributed by atoms with van der Waals surface area (Å²) in [6, 6.07) is 5.22. The van der Waals surface area contributed by atoms with Gasteiger partial charge >= 0.3 is 5.97 Å². The van der Waals surface area contributed by atoms with Crippen molar-refractivity contribution in [2.45, 2.75) is 34.6 Å². The molecule has 0 unspecified atom stereocenters. The maximum atomic E-state index is 10.9. The predicted molar refractivity (Wildman–Crippen MR) is 79.8 cm³/mol. The Hall–Kier alpha value is -1.51. The lowest BCUT2D eigenvalue weighted by atomic mass is 9.85. The van der Waals surface area contributed by atoms with Crippen molar-refractivity contribution in [3.05, 3.63) is 29.3 Å². The van der Waals surface area contributed by atoms with Crippen LogP contribution in [0, 0.1) is 24.7 Å². The van der Waals surface area contributed by atoms with E-state index in [0.29, 0.717) is 23.3 Å². The SMILES string of the molecule is Cc1cc(C(=O)O)ccc1NCC(C(C)C)C(C)C. The number of benzene rings is 1. The number of aromatic carboxylic acids is 1. The molecule has 0 radical (unpaired) electrons. The Balaban J connectivity index is 2.75. The number of anilines is 1. The molecule has 0 heterocycles. The fraction of sp³-hybridized carbons (Fsp3) is 0.562. The summed E-state index contributed by atoms with van der Waals surface area (Å²) in [7, 11) is 0. The zero-order valence-electron chi connectivity index (χ0n) is 12.5. The molecule has 3 heteroatoms. The fourth-order valence-electron chi connectivity index (χ4n) is 2.46. The van der Waals surface area contributed by atoms with Crippen LogP contribution in [0.15, 0.2) is 18.2 Å². The third-order valence-electron chi connectivity index (χ3n) is 3.71. The minimum atomic E-state index is -0.878. The Kier molecular flexibility index (Phi) is 5.40. The van der Waals surface area contributed by atoms with Crippen LogP contribution < -0.4 is 5.32 Å². The first-order valence-corrected chi connectivity index (χ1v) is 6.90. The van der Waals surface area contributed by atoms with Crippen molar-refractivity contribution in [3.8, 4) is 0 Å². The Morgan fingerprint density at radius 2 is 1.79 bits per heavy atom. The topological polar surface area (TPSA) is 49.3 Å². The summed E-state index contributed by atoms with van der Waals surface area (Å²) < 4.78 is 0. The van der Waals surface area contributed by atoms with Gasteiger partial charge in [0.2, 0.25) is 0 Å². The average molecular weight is 263 g/mol. The van der Waals surface area contributed by atoms with Crippen molar-refractivity contribution in [1.82, 2.24) is 0 Å². The van der Waals surface area contributed by atoms with Crippen LogP contribution in [0.2, 0.25) is 0 Å². The molecule has 0 aliphatic rings. The molecule has 0 amide bonds. The van der Waals surface area contributed by atoms with Crippen molar-refractivity contribution in [3.63, 3.8) is 0 Å². The number of rotatable bonds is 6. The smallest absolute Gasteiger partial charge is 0.335 e. The highest BCUT2D eigenvalue weighted by atomic mass is 16.4. The fourth-order valence-corrected chi connectivity index (χ4v) is 2.46. The first-order valence-electron chi connectivity index (χ1n) is 6.90. The molecule has 0 aliphatic carbocycles. The standard InChI is InChI=1S/C16H25NO2/c1-10(2)14(11(3)4)9-17-15-7-6-13(16(18)19)8-12(15)5/h6-8,10-11,14,17H,9H2,1-5H3,(H,18,19). The number of hydrogen-bond donors (Lipinski definition) is 2. The summed E-state index contributed by atoms with van der Waals surface area (Å²) >= 11 is 0. The second-order valence-electron chi connectivity index (χ2n) is 5.87. The summed E-state index contributed by atoms with van der Waals surface area (Å²) in [5, 5.41) is 12.4. The highest BCUT2D eigenvalue weighted by Crippen LogP contribution is 2.23. The van der Waals surface area contributed by atoms with Crippen LogP contribution >= 0.6 is 0 Å². The molecule has 1 aromatic carbocycles. The quantitative estimate of drug-likeness (QED) is 0.814. The summed E-state index contributed by atoms with van der Waals surface area (Å²) in [5.74, 6) is 0.993. The van der Waals surface area contributed by atoms with E-state index in [4.69, 9.17) is 5.11 Å². The molecule has 0 aromatic heterocycles. The predicted octanol–water partition coefficient (Wildman–Crippen LogP) is 4.03. The number of carbonyl (C=O) groups is 1. The molecule has 0 saturated carbocycles. The van der Waals surface area contributed by atoms with Crippen molar-refractivity contribution < 1.29 is 9.90 Å². The lowest BCUT2D eigenvalue weighted by molar-refractivity contribution is 0.0697. The molecule has 0 bridgehead atoms. The van der Waals surface area contributed by atoms with Crippen LogP contribution in [-0.4, -0.2) is 17.6 Å². The molecular formula is C16H25NO2. The van der Waals surface area contributed by atoms with E-state index in [1.807, 2.05) is 13.0 Å². The Morgan fingerprint density at radius 3 is 2.21 bits per heavy atom. The maximum absolute atomic E-state index is 10.9. The Labute approximate surface area is 116 Å². The van der Waals surface area contributed by atoms with Crippen LogP contribution in [-0.2, 0) is 0 Å². The second-order valence-corrected chi connectivity index (χ2v) is 5.87. The van der Waals surface area contributed by atoms with E-state index in [-0.39, 0.29) is 0 Å². The summed E-state index contributed by atoms with van der Waals surface area (Å²) in [6.45, 7) is 11.8. The van der Waals surface area contributed by atoms with E-state index in [1.54, 1.807) is 12.1 Å². The van der Waals surface area contributed by atoms with Crippen molar-refractivity contribution in [2.75, 3.05) is 11.9 Å². The van der Waals surface area contributed by atoms with E-state index in [1.165, 1.54) is 0 Å². The molecule has 106 valence electrons. The van der Waals surface area contributed by atoms with Crippen molar-refractivity contribution in [1.29, 1.82) is 0 Å². The first kappa shape index (κ1) is 15.5. The van der Waals surface area contributed by atoms with E-state index in [0.717, 1.165) is 17.8 Å². The summed E-state index contributed by atoms with van der Waals surface area (Å²) in [4.78, 5) is 10.9. The van der Waals surface area contributed by atoms with Crippen LogP contribution in [0.4, 0.5) is 5.69 Å². The molecule has 0 atom stereocenters. The number of carboxylic acid groups (broad SMARTS) is 1. The minimum absolute atomic E-state index is 0.340. The van der Waals surface area contributed by atoms with Gasteiger partial charge in [-0.25, -0.2) is 4.79 Å². The molecule has 0 fully saturated rings. The first-order chi connectivity index (χ1) is 8.82. The van der Waals surface area contributed by atoms with Gasteiger partial charge in [-0.3, -0.25) is 0 Å². The van der Waals surface area contributed by atoms with E-state index in [9.17, 15) is 4.79 Å². The van der Waals surface area contributed by atoms with Gasteiger partial charge in [-0.1, -0.05) is 27.7 Å². The van der Waals surface area contributed by atoms with Gasteiger partial charge in [0.15, 0.2) is 0 Å². The van der Waals surface area contributed by atoms with Gasteiger partial charge in [0.1, 0.15) is 0 Å². The molecule has 0 aliphatic heterocycles. The second kappa shape index (κ2) is 6.60. The average Bonchev–Trinajstić information content (AvgIpc) is 2.29. The highest BCUT2D eigenvalue weighted by molar-refractivity contribution is 5.88. The van der Waals surface area contributed by atoms with E-state index < -0.39 is 5.97 Å². The largest absolute Gasteiger partial charge is 0.478 e. The highest BCUT2D eigenvalue weighted by Gasteiger charge is 2.17. The van der Waals surface area contributed by atoms with Crippen LogP contribution in [0.5, 0.6) is 0 Å². The Morgan fingerprint density at radius 1 is 1.21 bits per heavy atom. The zero-order chi connectivity index (χ0) is 14.6. The van der Waals surface area contributed by atoms with Crippen LogP contribution in [0.3, 0.4) is 0 Å². The molecule has 3 nitrogen and oxygen atoms in total. The van der Waals surface area contributed by atoms with Gasteiger partial charge < -0.3 is 10.4 Å². The summed E-state index contributed by atoms with van der Waals surface area (Å²) in [6.07, 6.45) is 0. The minimum Gasteiger partial charge on any atom is -0.478 e. The molecule has 1 rings (SSSR count). The number of nitrogens with one attached hydrogen (secondary N) is 1. The van der Waals surface area contributed by atoms with Crippen LogP contribution in [0.1, 0.15) is 43.6 Å². The summed E-state index contributed by atoms with van der Waals surface area (Å²) in [5.41, 5.74) is 2.34. The molecule has 19 heavy (non-hydrogen) atoms. The van der Waals surface area contributed by atoms with Crippen molar-refractivity contribution in [2.24, 2.45) is 17.8 Å². The van der Waals surface area contributed by atoms with Gasteiger partial charge in [-0.2, -0.15) is 0 Å². The van der Waals surface area contributed by atoms with Crippen LogP contribution in [0.25, 0.3) is 0 Å². The lowest BCUT2D eigenvalue weighted by Crippen LogP contribution is -2.24. The number of hydrogen-bond acceptors (Lipinski definition) is 2. The third-order valence-corrected chi connectivity index (χ3v) is 3.71. The van der Waals surface area contributed by atoms with Gasteiger partial charge in [0.25, 0.3) is 0 Å². The van der Waals surface area contributed by atoms with E-state index >= 15 is 0 Å². The molecule has 0 saturated heterocycles. The number of aryl methyl sites for hydroxylation is 1. The Bertz CT molecular complexity index is 430. The molecule has 0 spiro atoms.